The molecule has 2 radical (unpaired) electrons. The maximum Gasteiger partial charge on any atom is 0.326 e. The normalized spacial score (nSPS) is 15.7. The van der Waals surface area contributed by atoms with Crippen molar-refractivity contribution in [2.75, 3.05) is 0 Å². The molecule has 4 aromatic rings. The molecule has 8 amide bonds. The fourth-order valence-corrected chi connectivity index (χ4v) is 6.68. The zero-order valence-electron chi connectivity index (χ0n) is 34.7. The molecule has 0 aromatic heterocycles. The van der Waals surface area contributed by atoms with Crippen molar-refractivity contribution in [3.05, 3.63) is 142 Å². The molecular formula is C44H36N4O16Rh2. The van der Waals surface area contributed by atoms with Crippen molar-refractivity contribution >= 4 is 71.1 Å². The third-order valence-electron chi connectivity index (χ3n) is 10.3. The minimum Gasteiger partial charge on any atom is -0.480 e. The second-order valence-electron chi connectivity index (χ2n) is 14.2. The first-order valence-electron chi connectivity index (χ1n) is 18.9. The SMILES string of the molecule is CC(C(=O)O)N1C(=O)c2ccccc2C1=O.CC(C(=O)O)N1C(=O)c2ccccc2C1=O.C[C@@H](C(=O)O)N1C(=O)c2ccccc2C1=O.C[C@@H](C(=O)O)N1C(=O)c2ccccc2C1=O.[Rh].[Rh]. The van der Waals surface area contributed by atoms with Crippen LogP contribution >= 0.6 is 0 Å². The van der Waals surface area contributed by atoms with Gasteiger partial charge in [0.1, 0.15) is 24.2 Å². The average Bonchev–Trinajstić information content (AvgIpc) is 3.89. The average molecular weight is 1080 g/mol. The Morgan fingerprint density at radius 1 is 0.303 bits per heavy atom. The maximum atomic E-state index is 11.8. The van der Waals surface area contributed by atoms with E-state index in [2.05, 4.69) is 0 Å². The third kappa shape index (κ3) is 9.94. The number of amides is 8. The van der Waals surface area contributed by atoms with Gasteiger partial charge in [-0.15, -0.1) is 0 Å². The van der Waals surface area contributed by atoms with Crippen LogP contribution < -0.4 is 0 Å². The molecule has 20 nitrogen and oxygen atoms in total. The van der Waals surface area contributed by atoms with E-state index in [0.29, 0.717) is 0 Å². The van der Waals surface area contributed by atoms with Gasteiger partial charge in [-0.3, -0.25) is 58.0 Å². The summed E-state index contributed by atoms with van der Waals surface area (Å²) in [7, 11) is 0. The van der Waals surface area contributed by atoms with E-state index >= 15 is 0 Å². The minimum atomic E-state index is -1.20. The van der Waals surface area contributed by atoms with Gasteiger partial charge >= 0.3 is 23.9 Å². The number of carbonyl (C=O) groups excluding carboxylic acids is 8. The molecule has 66 heavy (non-hydrogen) atoms. The molecule has 8 rings (SSSR count). The molecule has 0 spiro atoms. The van der Waals surface area contributed by atoms with Crippen LogP contribution in [0.1, 0.15) is 111 Å². The molecule has 2 unspecified atom stereocenters. The van der Waals surface area contributed by atoms with Crippen molar-refractivity contribution in [1.82, 2.24) is 19.6 Å². The molecule has 0 bridgehead atoms. The van der Waals surface area contributed by atoms with Crippen molar-refractivity contribution in [2.24, 2.45) is 0 Å². The number of hydrogen-bond donors (Lipinski definition) is 4. The minimum absolute atomic E-state index is 0. The Morgan fingerprint density at radius 3 is 0.500 bits per heavy atom. The largest absolute Gasteiger partial charge is 0.480 e. The summed E-state index contributed by atoms with van der Waals surface area (Å²) in [5.41, 5.74) is 2.12. The van der Waals surface area contributed by atoms with Gasteiger partial charge in [0, 0.05) is 39.0 Å². The first kappa shape index (κ1) is 52.9. The molecular weight excluding hydrogens is 1050 g/mol. The summed E-state index contributed by atoms with van der Waals surface area (Å²) in [6.07, 6.45) is 0. The van der Waals surface area contributed by atoms with E-state index in [1.807, 2.05) is 0 Å². The summed E-state index contributed by atoms with van der Waals surface area (Å²) >= 11 is 0. The monoisotopic (exact) mass is 1080 g/mol. The molecule has 0 fully saturated rings. The van der Waals surface area contributed by atoms with Crippen LogP contribution in [0.3, 0.4) is 0 Å². The number of carboxylic acid groups (broad SMARTS) is 4. The predicted molar refractivity (Wildman–Crippen MR) is 216 cm³/mol. The van der Waals surface area contributed by atoms with Crippen LogP contribution in [0.4, 0.5) is 0 Å². The van der Waals surface area contributed by atoms with Gasteiger partial charge in [-0.1, -0.05) is 48.5 Å². The van der Waals surface area contributed by atoms with Crippen molar-refractivity contribution < 1.29 is 117 Å². The Balaban J connectivity index is 0.000000231. The van der Waals surface area contributed by atoms with Crippen molar-refractivity contribution in [3.8, 4) is 0 Å². The van der Waals surface area contributed by atoms with E-state index in [1.54, 1.807) is 48.5 Å². The molecule has 4 N–H and O–H groups in total. The molecule has 22 heteroatoms. The van der Waals surface area contributed by atoms with Crippen molar-refractivity contribution in [3.63, 3.8) is 0 Å². The number of rotatable bonds is 8. The smallest absolute Gasteiger partial charge is 0.326 e. The van der Waals surface area contributed by atoms with Gasteiger partial charge in [-0.2, -0.15) is 0 Å². The molecule has 0 saturated heterocycles. The number of fused-ring (bicyclic) bond motifs is 4. The van der Waals surface area contributed by atoms with Gasteiger partial charge in [0.2, 0.25) is 0 Å². The number of carbonyl (C=O) groups is 12. The summed E-state index contributed by atoms with van der Waals surface area (Å²) in [4.78, 5) is 141. The van der Waals surface area contributed by atoms with Gasteiger partial charge in [-0.05, 0) is 76.2 Å². The van der Waals surface area contributed by atoms with Crippen LogP contribution in [0.5, 0.6) is 0 Å². The van der Waals surface area contributed by atoms with E-state index < -0.39 is 95.3 Å². The quantitative estimate of drug-likeness (QED) is 0.146. The van der Waals surface area contributed by atoms with Crippen molar-refractivity contribution in [1.29, 1.82) is 0 Å². The van der Waals surface area contributed by atoms with E-state index in [0.717, 1.165) is 19.6 Å². The third-order valence-corrected chi connectivity index (χ3v) is 10.3. The fraction of sp³-hybridized carbons (Fsp3) is 0.182. The van der Waals surface area contributed by atoms with Gasteiger partial charge in [0.25, 0.3) is 47.3 Å². The van der Waals surface area contributed by atoms with E-state index in [4.69, 9.17) is 20.4 Å². The first-order valence-corrected chi connectivity index (χ1v) is 18.9. The number of benzene rings is 4. The van der Waals surface area contributed by atoms with E-state index in [1.165, 1.54) is 76.2 Å². The second-order valence-corrected chi connectivity index (χ2v) is 14.2. The Morgan fingerprint density at radius 2 is 0.409 bits per heavy atom. The Hall–Kier alpha value is -7.43. The number of imide groups is 4. The van der Waals surface area contributed by atoms with Crippen LogP contribution in [0, 0.1) is 0 Å². The standard InChI is InChI=1S/4C11H9NO4.2Rh/c4*1-6(11(15)16)12-9(13)7-4-2-3-5-8(7)10(12)14;;/h4*2-6H,1H3,(H,15,16);;/t2*6-;;;;/m00..../s1. The zero-order valence-corrected chi connectivity index (χ0v) is 38.0. The van der Waals surface area contributed by atoms with Crippen LogP contribution in [-0.2, 0) is 58.1 Å². The Kier molecular flexibility index (Phi) is 17.2. The topological polar surface area (TPSA) is 299 Å². The van der Waals surface area contributed by atoms with Gasteiger partial charge in [0.05, 0.1) is 44.5 Å². The number of nitrogens with zero attached hydrogens (tertiary/aromatic N) is 4. The van der Waals surface area contributed by atoms with Crippen LogP contribution in [0.2, 0.25) is 0 Å². The maximum absolute atomic E-state index is 11.8. The molecule has 4 aromatic carbocycles. The Labute approximate surface area is 399 Å². The molecule has 4 atom stereocenters. The second kappa shape index (κ2) is 21.5. The van der Waals surface area contributed by atoms with E-state index in [9.17, 15) is 57.5 Å². The van der Waals surface area contributed by atoms with Crippen LogP contribution in [-0.4, -0.2) is 135 Å². The first-order chi connectivity index (χ1) is 30.1. The molecule has 0 aliphatic carbocycles. The summed E-state index contributed by atoms with van der Waals surface area (Å²) in [5, 5.41) is 35.2. The van der Waals surface area contributed by atoms with Gasteiger partial charge < -0.3 is 20.4 Å². The van der Waals surface area contributed by atoms with Gasteiger partial charge in [-0.25, -0.2) is 19.2 Å². The Bertz CT molecular complexity index is 2220. The van der Waals surface area contributed by atoms with Crippen molar-refractivity contribution in [2.45, 2.75) is 51.9 Å². The molecule has 4 aliphatic rings. The summed E-state index contributed by atoms with van der Waals surface area (Å²) in [6.45, 7) is 5.24. The summed E-state index contributed by atoms with van der Waals surface area (Å²) in [5.74, 6) is -9.16. The molecule has 4 aliphatic heterocycles. The fourth-order valence-electron chi connectivity index (χ4n) is 6.68. The number of hydrogen-bond acceptors (Lipinski definition) is 12. The van der Waals surface area contributed by atoms with Gasteiger partial charge in [0.15, 0.2) is 0 Å². The molecule has 4 heterocycles. The zero-order chi connectivity index (χ0) is 47.5. The molecule has 346 valence electrons. The van der Waals surface area contributed by atoms with Crippen LogP contribution in [0.25, 0.3) is 0 Å². The van der Waals surface area contributed by atoms with E-state index in [-0.39, 0.29) is 83.5 Å². The summed E-state index contributed by atoms with van der Waals surface area (Å²) < 4.78 is 0. The summed E-state index contributed by atoms with van der Waals surface area (Å²) in [6, 6.07) is 20.7. The molecule has 0 saturated carbocycles. The number of carboxylic acids is 4. The number of aliphatic carboxylic acids is 4. The predicted octanol–water partition coefficient (Wildman–Crippen LogP) is 3.02. The van der Waals surface area contributed by atoms with Crippen LogP contribution in [0.15, 0.2) is 97.1 Å².